The summed E-state index contributed by atoms with van der Waals surface area (Å²) >= 11 is 0. The SMILES string of the molecule is NCC1CCCN1C(=O)COc1ccc(OCc2ccccc2)cc1. The summed E-state index contributed by atoms with van der Waals surface area (Å²) in [6.45, 7) is 1.85. The number of benzene rings is 2. The molecule has 2 N–H and O–H groups in total. The number of carbonyl (C=O) groups excluding carboxylic acids is 1. The van der Waals surface area contributed by atoms with E-state index in [-0.39, 0.29) is 18.6 Å². The van der Waals surface area contributed by atoms with Gasteiger partial charge in [0.1, 0.15) is 18.1 Å². The largest absolute Gasteiger partial charge is 0.489 e. The van der Waals surface area contributed by atoms with Gasteiger partial charge in [0.05, 0.1) is 0 Å². The van der Waals surface area contributed by atoms with Crippen LogP contribution in [0, 0.1) is 0 Å². The summed E-state index contributed by atoms with van der Waals surface area (Å²) in [5, 5.41) is 0. The van der Waals surface area contributed by atoms with E-state index in [4.69, 9.17) is 15.2 Å². The Morgan fingerprint density at radius 3 is 2.40 bits per heavy atom. The van der Waals surface area contributed by atoms with Crippen LogP contribution in [0.3, 0.4) is 0 Å². The van der Waals surface area contributed by atoms with Crippen molar-refractivity contribution in [2.45, 2.75) is 25.5 Å². The Hall–Kier alpha value is -2.53. The zero-order chi connectivity index (χ0) is 17.5. The van der Waals surface area contributed by atoms with E-state index >= 15 is 0 Å². The smallest absolute Gasteiger partial charge is 0.260 e. The van der Waals surface area contributed by atoms with Gasteiger partial charge >= 0.3 is 0 Å². The number of ether oxygens (including phenoxy) is 2. The molecule has 1 unspecified atom stereocenters. The fourth-order valence-corrected chi connectivity index (χ4v) is 3.01. The normalized spacial score (nSPS) is 16.7. The average molecular weight is 340 g/mol. The van der Waals surface area contributed by atoms with E-state index in [1.807, 2.05) is 59.5 Å². The number of likely N-dealkylation sites (tertiary alicyclic amines) is 1. The summed E-state index contributed by atoms with van der Waals surface area (Å²) in [6.07, 6.45) is 2.00. The molecule has 1 saturated heterocycles. The van der Waals surface area contributed by atoms with E-state index < -0.39 is 0 Å². The first-order valence-electron chi connectivity index (χ1n) is 8.65. The Morgan fingerprint density at radius 1 is 1.04 bits per heavy atom. The molecule has 0 aliphatic carbocycles. The first kappa shape index (κ1) is 17.3. The maximum Gasteiger partial charge on any atom is 0.260 e. The Morgan fingerprint density at radius 2 is 1.72 bits per heavy atom. The fraction of sp³-hybridized carbons (Fsp3) is 0.350. The molecule has 0 radical (unpaired) electrons. The monoisotopic (exact) mass is 340 g/mol. The number of amides is 1. The van der Waals surface area contributed by atoms with Gasteiger partial charge in [0.2, 0.25) is 0 Å². The highest BCUT2D eigenvalue weighted by Crippen LogP contribution is 2.20. The molecule has 132 valence electrons. The minimum atomic E-state index is -0.00245. The molecule has 1 aliphatic heterocycles. The van der Waals surface area contributed by atoms with E-state index in [9.17, 15) is 4.79 Å². The van der Waals surface area contributed by atoms with Crippen molar-refractivity contribution in [3.05, 3.63) is 60.2 Å². The third-order valence-corrected chi connectivity index (χ3v) is 4.40. The number of hydrogen-bond acceptors (Lipinski definition) is 4. The summed E-state index contributed by atoms with van der Waals surface area (Å²) in [4.78, 5) is 14.1. The van der Waals surface area contributed by atoms with Gasteiger partial charge in [0.15, 0.2) is 6.61 Å². The van der Waals surface area contributed by atoms with Crippen molar-refractivity contribution in [2.75, 3.05) is 19.7 Å². The third kappa shape index (κ3) is 4.73. The lowest BCUT2D eigenvalue weighted by molar-refractivity contribution is -0.134. The minimum absolute atomic E-state index is 0.00245. The van der Waals surface area contributed by atoms with Crippen LogP contribution in [-0.4, -0.2) is 36.5 Å². The highest BCUT2D eigenvalue weighted by atomic mass is 16.5. The molecule has 2 aromatic rings. The van der Waals surface area contributed by atoms with Gasteiger partial charge < -0.3 is 20.1 Å². The minimum Gasteiger partial charge on any atom is -0.489 e. The van der Waals surface area contributed by atoms with Crippen LogP contribution in [0.5, 0.6) is 11.5 Å². The lowest BCUT2D eigenvalue weighted by Gasteiger charge is -2.23. The second-order valence-electron chi connectivity index (χ2n) is 6.15. The molecule has 1 heterocycles. The first-order valence-corrected chi connectivity index (χ1v) is 8.65. The molecule has 25 heavy (non-hydrogen) atoms. The van der Waals surface area contributed by atoms with Crippen LogP contribution < -0.4 is 15.2 Å². The van der Waals surface area contributed by atoms with E-state index in [0.717, 1.165) is 30.7 Å². The van der Waals surface area contributed by atoms with Crippen LogP contribution in [0.15, 0.2) is 54.6 Å². The van der Waals surface area contributed by atoms with Crippen LogP contribution in [0.4, 0.5) is 0 Å². The molecular formula is C20H24N2O3. The molecule has 1 fully saturated rings. The maximum atomic E-state index is 12.2. The summed E-state index contributed by atoms with van der Waals surface area (Å²) in [5.41, 5.74) is 6.83. The molecule has 1 atom stereocenters. The maximum absolute atomic E-state index is 12.2. The number of nitrogens with two attached hydrogens (primary N) is 1. The van der Waals surface area contributed by atoms with Crippen molar-refractivity contribution >= 4 is 5.91 Å². The van der Waals surface area contributed by atoms with Crippen LogP contribution in [0.2, 0.25) is 0 Å². The Balaban J connectivity index is 1.47. The molecule has 1 aliphatic rings. The molecule has 0 bridgehead atoms. The van der Waals surface area contributed by atoms with E-state index in [2.05, 4.69) is 0 Å². The predicted octanol–water partition coefficient (Wildman–Crippen LogP) is 2.59. The van der Waals surface area contributed by atoms with Gasteiger partial charge in [0.25, 0.3) is 5.91 Å². The topological polar surface area (TPSA) is 64.8 Å². The summed E-state index contributed by atoms with van der Waals surface area (Å²) in [5.74, 6) is 1.42. The highest BCUT2D eigenvalue weighted by molar-refractivity contribution is 5.78. The molecule has 3 rings (SSSR count). The molecule has 2 aromatic carbocycles. The number of carbonyl (C=O) groups is 1. The van der Waals surface area contributed by atoms with Crippen molar-refractivity contribution in [1.29, 1.82) is 0 Å². The number of hydrogen-bond donors (Lipinski definition) is 1. The van der Waals surface area contributed by atoms with Crippen molar-refractivity contribution in [1.82, 2.24) is 4.90 Å². The molecule has 5 heteroatoms. The average Bonchev–Trinajstić information content (AvgIpc) is 3.15. The third-order valence-electron chi connectivity index (χ3n) is 4.40. The quantitative estimate of drug-likeness (QED) is 0.841. The van der Waals surface area contributed by atoms with Gasteiger partial charge in [-0.3, -0.25) is 4.79 Å². The molecule has 0 spiro atoms. The zero-order valence-electron chi connectivity index (χ0n) is 14.3. The number of rotatable bonds is 7. The summed E-state index contributed by atoms with van der Waals surface area (Å²) in [7, 11) is 0. The van der Waals surface area contributed by atoms with E-state index in [0.29, 0.717) is 18.9 Å². The lowest BCUT2D eigenvalue weighted by Crippen LogP contribution is -2.42. The summed E-state index contributed by atoms with van der Waals surface area (Å²) < 4.78 is 11.3. The van der Waals surface area contributed by atoms with Crippen molar-refractivity contribution < 1.29 is 14.3 Å². The Kier molecular flexibility index (Phi) is 5.90. The van der Waals surface area contributed by atoms with Crippen molar-refractivity contribution in [2.24, 2.45) is 5.73 Å². The van der Waals surface area contributed by atoms with Gasteiger partial charge in [-0.15, -0.1) is 0 Å². The highest BCUT2D eigenvalue weighted by Gasteiger charge is 2.27. The van der Waals surface area contributed by atoms with Crippen molar-refractivity contribution in [3.8, 4) is 11.5 Å². The van der Waals surface area contributed by atoms with Gasteiger partial charge in [0, 0.05) is 19.1 Å². The molecule has 5 nitrogen and oxygen atoms in total. The van der Waals surface area contributed by atoms with Gasteiger partial charge in [-0.05, 0) is 42.7 Å². The van der Waals surface area contributed by atoms with Crippen LogP contribution in [0.25, 0.3) is 0 Å². The Labute approximate surface area is 148 Å². The fourth-order valence-electron chi connectivity index (χ4n) is 3.01. The van der Waals surface area contributed by atoms with E-state index in [1.54, 1.807) is 0 Å². The summed E-state index contributed by atoms with van der Waals surface area (Å²) in [6, 6.07) is 17.5. The first-order chi connectivity index (χ1) is 12.3. The van der Waals surface area contributed by atoms with Crippen molar-refractivity contribution in [3.63, 3.8) is 0 Å². The second kappa shape index (κ2) is 8.53. The number of nitrogens with zero attached hydrogens (tertiary/aromatic N) is 1. The second-order valence-corrected chi connectivity index (χ2v) is 6.15. The molecule has 0 saturated carbocycles. The lowest BCUT2D eigenvalue weighted by atomic mass is 10.2. The van der Waals surface area contributed by atoms with Crippen LogP contribution in [-0.2, 0) is 11.4 Å². The van der Waals surface area contributed by atoms with Gasteiger partial charge in [-0.25, -0.2) is 0 Å². The zero-order valence-corrected chi connectivity index (χ0v) is 14.3. The molecular weight excluding hydrogens is 316 g/mol. The van der Waals surface area contributed by atoms with Crippen LogP contribution in [0.1, 0.15) is 18.4 Å². The van der Waals surface area contributed by atoms with Crippen LogP contribution >= 0.6 is 0 Å². The van der Waals surface area contributed by atoms with Gasteiger partial charge in [-0.2, -0.15) is 0 Å². The predicted molar refractivity (Wildman–Crippen MR) is 96.5 cm³/mol. The molecule has 0 aromatic heterocycles. The van der Waals surface area contributed by atoms with Gasteiger partial charge in [-0.1, -0.05) is 30.3 Å². The molecule has 1 amide bonds. The Bertz CT molecular complexity index is 673. The standard InChI is InChI=1S/C20H24N2O3/c21-13-17-7-4-12-22(17)20(23)15-25-19-10-8-18(9-11-19)24-14-16-5-2-1-3-6-16/h1-3,5-6,8-11,17H,4,7,12-15,21H2. The van der Waals surface area contributed by atoms with E-state index in [1.165, 1.54) is 0 Å².